The number of fused-ring (bicyclic) bond motifs is 5. The Kier molecular flexibility index (Phi) is 6.99. The van der Waals surface area contributed by atoms with Crippen molar-refractivity contribution in [2.75, 3.05) is 6.61 Å². The van der Waals surface area contributed by atoms with E-state index in [1.165, 1.54) is 18.2 Å². The van der Waals surface area contributed by atoms with Crippen molar-refractivity contribution in [3.63, 3.8) is 0 Å². The number of ketones is 2. The number of aliphatic hydroxyl groups is 2. The Morgan fingerprint density at radius 3 is 2.58 bits per heavy atom. The molecule has 33 heavy (non-hydrogen) atoms. The van der Waals surface area contributed by atoms with Crippen LogP contribution in [-0.4, -0.2) is 55.5 Å². The zero-order chi connectivity index (χ0) is 23.9. The fraction of sp³-hybridized carbons (Fsp3) is 0.727. The van der Waals surface area contributed by atoms with E-state index < -0.39 is 66.2 Å². The van der Waals surface area contributed by atoms with Gasteiger partial charge in [-0.1, -0.05) is 25.5 Å². The topological polar surface area (TPSA) is 141 Å². The summed E-state index contributed by atoms with van der Waals surface area (Å²) >= 11 is 0. The van der Waals surface area contributed by atoms with Crippen LogP contribution >= 0.6 is 7.82 Å². The van der Waals surface area contributed by atoms with Crippen LogP contribution in [0.2, 0.25) is 0 Å². The summed E-state index contributed by atoms with van der Waals surface area (Å²) in [4.78, 5) is 42.8. The van der Waals surface area contributed by atoms with Gasteiger partial charge in [0, 0.05) is 16.7 Å². The van der Waals surface area contributed by atoms with Crippen LogP contribution in [0.15, 0.2) is 23.8 Å². The number of Topliss-reactive ketones (excluding diaryl/α,β-unsaturated/α-hetero) is 1. The summed E-state index contributed by atoms with van der Waals surface area (Å²) in [6, 6.07) is 0. The minimum absolute atomic E-state index is 0. The number of phosphoric ester groups is 1. The van der Waals surface area contributed by atoms with E-state index in [2.05, 4.69) is 4.52 Å². The van der Waals surface area contributed by atoms with Gasteiger partial charge in [-0.05, 0) is 56.6 Å². The first-order chi connectivity index (χ1) is 14.6. The summed E-state index contributed by atoms with van der Waals surface area (Å²) in [5.74, 6) is -2.87. The van der Waals surface area contributed by atoms with Gasteiger partial charge in [-0.15, -0.1) is 0 Å². The summed E-state index contributed by atoms with van der Waals surface area (Å²) in [6.45, 7) is 4.00. The van der Waals surface area contributed by atoms with Gasteiger partial charge in [-0.2, -0.15) is 0 Å². The molecule has 8 nitrogen and oxygen atoms in total. The standard InChI is InChI=1S/C22H30FO8P.Na.H/c1-12-8-16-15-5-4-13-9-14(24)6-7-19(13,2)21(15,23)17(25)10-20(16,3)22(12,27)18(26)11-31-32(28,29)30;;/h6-7,9,12,15-17,25,27H,4-5,8,10-11H2,1-3H3,(H2,28,29,30);;/q;+1;-1/t12-,15-,16-,17-,19-,20-,21-,22-;;/m0../s1. The number of carbonyl (C=O) groups excluding carboxylic acids is 2. The Morgan fingerprint density at radius 1 is 1.33 bits per heavy atom. The van der Waals surface area contributed by atoms with Gasteiger partial charge in [-0.25, -0.2) is 8.96 Å². The second-order valence-electron chi connectivity index (χ2n) is 10.4. The van der Waals surface area contributed by atoms with Gasteiger partial charge in [-0.3, -0.25) is 14.1 Å². The van der Waals surface area contributed by atoms with Gasteiger partial charge in [0.15, 0.2) is 17.2 Å². The average Bonchev–Trinajstić information content (AvgIpc) is 2.89. The molecule has 180 valence electrons. The molecule has 4 aliphatic rings. The summed E-state index contributed by atoms with van der Waals surface area (Å²) in [6.07, 6.45) is 3.70. The summed E-state index contributed by atoms with van der Waals surface area (Å²) in [7, 11) is -4.93. The van der Waals surface area contributed by atoms with Crippen molar-refractivity contribution >= 4 is 19.4 Å². The molecular formula is C22H31FNaO8P. The van der Waals surface area contributed by atoms with E-state index in [1.807, 2.05) is 0 Å². The van der Waals surface area contributed by atoms with E-state index in [1.54, 1.807) is 20.8 Å². The van der Waals surface area contributed by atoms with Crippen molar-refractivity contribution in [2.45, 2.75) is 63.8 Å². The summed E-state index contributed by atoms with van der Waals surface area (Å²) in [5, 5.41) is 22.8. The fourth-order valence-corrected chi connectivity index (χ4v) is 7.68. The number of carbonyl (C=O) groups is 2. The maximum Gasteiger partial charge on any atom is 1.00 e. The van der Waals surface area contributed by atoms with Crippen LogP contribution in [0.4, 0.5) is 4.39 Å². The van der Waals surface area contributed by atoms with Crippen LogP contribution < -0.4 is 29.6 Å². The molecule has 0 unspecified atom stereocenters. The monoisotopic (exact) mass is 496 g/mol. The van der Waals surface area contributed by atoms with Crippen molar-refractivity contribution in [3.05, 3.63) is 23.8 Å². The molecule has 0 aromatic carbocycles. The first-order valence-electron chi connectivity index (χ1n) is 10.9. The second-order valence-corrected chi connectivity index (χ2v) is 11.6. The van der Waals surface area contributed by atoms with Crippen LogP contribution in [-0.2, 0) is 18.7 Å². The summed E-state index contributed by atoms with van der Waals surface area (Å²) < 4.78 is 32.5. The molecule has 0 aromatic rings. The first kappa shape index (κ1) is 27.4. The van der Waals surface area contributed by atoms with E-state index in [-0.39, 0.29) is 43.2 Å². The predicted octanol–water partition coefficient (Wildman–Crippen LogP) is -0.871. The third-order valence-corrected chi connectivity index (χ3v) is 9.48. The zero-order valence-corrected chi connectivity index (χ0v) is 22.2. The van der Waals surface area contributed by atoms with Crippen LogP contribution in [0.1, 0.15) is 47.9 Å². The van der Waals surface area contributed by atoms with E-state index in [4.69, 9.17) is 9.79 Å². The van der Waals surface area contributed by atoms with E-state index >= 15 is 4.39 Å². The van der Waals surface area contributed by atoms with Crippen LogP contribution in [0.3, 0.4) is 0 Å². The maximum absolute atomic E-state index is 17.0. The number of allylic oxidation sites excluding steroid dienone is 4. The molecule has 0 heterocycles. The molecule has 0 amide bonds. The molecule has 0 aromatic heterocycles. The van der Waals surface area contributed by atoms with E-state index in [0.717, 1.165) is 0 Å². The molecule has 0 saturated heterocycles. The third-order valence-electron chi connectivity index (χ3n) is 9.01. The van der Waals surface area contributed by atoms with Gasteiger partial charge in [0.25, 0.3) is 0 Å². The number of halogens is 1. The number of rotatable bonds is 4. The number of phosphoric acid groups is 1. The molecule has 4 N–H and O–H groups in total. The molecule has 11 heteroatoms. The molecular weight excluding hydrogens is 465 g/mol. The second kappa shape index (κ2) is 8.43. The molecule has 4 rings (SSSR count). The van der Waals surface area contributed by atoms with Crippen LogP contribution in [0.5, 0.6) is 0 Å². The van der Waals surface area contributed by atoms with Gasteiger partial charge in [0.05, 0.1) is 6.10 Å². The SMILES string of the molecule is C[C@H]1C[C@H]2[C@@H]3CCC4=CC(=O)C=C[C@]4(C)[C@@]3(F)[C@@H](O)C[C@]2(C)[C@@]1(O)C(=O)COP(=O)(O)O.[H-].[Na+]. The Labute approximate surface area is 215 Å². The summed E-state index contributed by atoms with van der Waals surface area (Å²) in [5.41, 5.74) is -5.88. The third kappa shape index (κ3) is 3.66. The molecule has 3 saturated carbocycles. The Morgan fingerprint density at radius 2 is 1.97 bits per heavy atom. The quantitative estimate of drug-likeness (QED) is 0.291. The number of hydrogen-bond donors (Lipinski definition) is 4. The number of aliphatic hydroxyl groups excluding tert-OH is 1. The molecule has 3 fully saturated rings. The van der Waals surface area contributed by atoms with Crippen molar-refractivity contribution in [1.82, 2.24) is 0 Å². The van der Waals surface area contributed by atoms with Gasteiger partial charge >= 0.3 is 37.4 Å². The molecule has 0 bridgehead atoms. The zero-order valence-electron chi connectivity index (χ0n) is 20.3. The van der Waals surface area contributed by atoms with Crippen LogP contribution in [0.25, 0.3) is 0 Å². The smallest absolute Gasteiger partial charge is 1.00 e. The predicted molar refractivity (Wildman–Crippen MR) is 112 cm³/mol. The molecule has 4 aliphatic carbocycles. The molecule has 8 atom stereocenters. The minimum Gasteiger partial charge on any atom is -1.00 e. The van der Waals surface area contributed by atoms with Crippen LogP contribution in [0, 0.1) is 28.6 Å². The first-order valence-corrected chi connectivity index (χ1v) is 12.4. The van der Waals surface area contributed by atoms with Crippen molar-refractivity contribution in [3.8, 4) is 0 Å². The maximum atomic E-state index is 17.0. The average molecular weight is 496 g/mol. The van der Waals surface area contributed by atoms with Gasteiger partial charge in [0.2, 0.25) is 0 Å². The Balaban J connectivity index is 0.00000204. The van der Waals surface area contributed by atoms with Gasteiger partial charge < -0.3 is 21.4 Å². The van der Waals surface area contributed by atoms with Crippen molar-refractivity contribution in [1.29, 1.82) is 0 Å². The molecule has 0 aliphatic heterocycles. The Hall–Kier alpha value is -0.220. The molecule has 0 radical (unpaired) electrons. The van der Waals surface area contributed by atoms with E-state index in [9.17, 15) is 24.4 Å². The molecule has 0 spiro atoms. The number of alkyl halides is 1. The van der Waals surface area contributed by atoms with Gasteiger partial charge in [0.1, 0.15) is 12.2 Å². The largest absolute Gasteiger partial charge is 1.00 e. The fourth-order valence-electron chi connectivity index (χ4n) is 7.39. The van der Waals surface area contributed by atoms with Crippen molar-refractivity contribution in [2.24, 2.45) is 28.6 Å². The minimum atomic E-state index is -4.93. The van der Waals surface area contributed by atoms with Crippen molar-refractivity contribution < 1.29 is 74.1 Å². The van der Waals surface area contributed by atoms with E-state index in [0.29, 0.717) is 24.8 Å². The Bertz CT molecular complexity index is 986. The normalized spacial score (nSPS) is 46.5. The number of hydrogen-bond acceptors (Lipinski definition) is 6.